The van der Waals surface area contributed by atoms with Gasteiger partial charge in [-0.3, -0.25) is 9.59 Å². The van der Waals surface area contributed by atoms with Crippen molar-refractivity contribution in [2.45, 2.75) is 59.9 Å². The number of amides is 2. The number of hydrogen-bond acceptors (Lipinski definition) is 2. The summed E-state index contributed by atoms with van der Waals surface area (Å²) in [6.45, 7) is 13.1. The Balaban J connectivity index is 2.11. The SMILES string of the molecule is CCCC(=O)N1CCCN(C(=O)c2cc(C)n(C(C)C)c2C)CC1. The molecule has 0 atom stereocenters. The Morgan fingerprint density at radius 3 is 2.29 bits per heavy atom. The molecule has 5 heteroatoms. The third kappa shape index (κ3) is 3.82. The van der Waals surface area contributed by atoms with Gasteiger partial charge in [0.15, 0.2) is 0 Å². The van der Waals surface area contributed by atoms with Crippen LogP contribution in [0, 0.1) is 13.8 Å². The molecule has 0 saturated carbocycles. The highest BCUT2D eigenvalue weighted by molar-refractivity contribution is 5.95. The molecule has 0 unspecified atom stereocenters. The molecule has 0 aliphatic carbocycles. The molecule has 1 fully saturated rings. The van der Waals surface area contributed by atoms with Gasteiger partial charge in [0.05, 0.1) is 5.56 Å². The molecule has 2 heterocycles. The van der Waals surface area contributed by atoms with Crippen LogP contribution in [0.1, 0.15) is 67.8 Å². The molecule has 0 N–H and O–H groups in total. The number of aromatic nitrogens is 1. The summed E-state index contributed by atoms with van der Waals surface area (Å²) in [6, 6.07) is 2.35. The van der Waals surface area contributed by atoms with E-state index in [0.29, 0.717) is 25.6 Å². The minimum absolute atomic E-state index is 0.0970. The van der Waals surface area contributed by atoms with Crippen LogP contribution in [0.25, 0.3) is 0 Å². The van der Waals surface area contributed by atoms with Gasteiger partial charge in [-0.15, -0.1) is 0 Å². The first kappa shape index (κ1) is 18.6. The first-order chi connectivity index (χ1) is 11.4. The monoisotopic (exact) mass is 333 g/mol. The fourth-order valence-corrected chi connectivity index (χ4v) is 3.70. The minimum atomic E-state index is 0.0970. The van der Waals surface area contributed by atoms with Crippen LogP contribution in [0.4, 0.5) is 0 Å². The molecular formula is C19H31N3O2. The van der Waals surface area contributed by atoms with Crippen molar-refractivity contribution in [3.8, 4) is 0 Å². The molecule has 1 aromatic heterocycles. The van der Waals surface area contributed by atoms with Crippen molar-refractivity contribution in [1.82, 2.24) is 14.4 Å². The van der Waals surface area contributed by atoms with Crippen LogP contribution in [-0.2, 0) is 4.79 Å². The van der Waals surface area contributed by atoms with E-state index in [0.717, 1.165) is 42.9 Å². The Labute approximate surface area is 145 Å². The molecule has 1 aromatic rings. The molecule has 2 rings (SSSR count). The fraction of sp³-hybridized carbons (Fsp3) is 0.684. The average molecular weight is 333 g/mol. The van der Waals surface area contributed by atoms with Crippen LogP contribution in [0.15, 0.2) is 6.07 Å². The second-order valence-electron chi connectivity index (χ2n) is 7.03. The van der Waals surface area contributed by atoms with Gasteiger partial charge in [-0.05, 0) is 46.6 Å². The molecule has 0 spiro atoms. The highest BCUT2D eigenvalue weighted by atomic mass is 16.2. The van der Waals surface area contributed by atoms with E-state index in [2.05, 4.69) is 25.3 Å². The van der Waals surface area contributed by atoms with E-state index in [9.17, 15) is 9.59 Å². The summed E-state index contributed by atoms with van der Waals surface area (Å²) in [5.41, 5.74) is 2.96. The topological polar surface area (TPSA) is 45.6 Å². The normalized spacial score (nSPS) is 15.8. The highest BCUT2D eigenvalue weighted by Gasteiger charge is 2.25. The lowest BCUT2D eigenvalue weighted by atomic mass is 10.2. The predicted molar refractivity (Wildman–Crippen MR) is 96.3 cm³/mol. The van der Waals surface area contributed by atoms with Gasteiger partial charge in [0.1, 0.15) is 0 Å². The molecule has 0 radical (unpaired) electrons. The van der Waals surface area contributed by atoms with E-state index in [1.807, 2.05) is 29.7 Å². The molecule has 2 amide bonds. The molecule has 24 heavy (non-hydrogen) atoms. The van der Waals surface area contributed by atoms with Crippen LogP contribution in [-0.4, -0.2) is 52.4 Å². The van der Waals surface area contributed by atoms with Crippen LogP contribution >= 0.6 is 0 Å². The van der Waals surface area contributed by atoms with Gasteiger partial charge in [-0.2, -0.15) is 0 Å². The molecule has 1 aliphatic rings. The standard InChI is InChI=1S/C19H31N3O2/c1-6-8-18(23)20-9-7-10-21(12-11-20)19(24)17-13-15(4)22(14(2)3)16(17)5/h13-14H,6-12H2,1-5H3. The fourth-order valence-electron chi connectivity index (χ4n) is 3.70. The van der Waals surface area contributed by atoms with E-state index in [-0.39, 0.29) is 11.8 Å². The second-order valence-corrected chi connectivity index (χ2v) is 7.03. The molecule has 1 saturated heterocycles. The highest BCUT2D eigenvalue weighted by Crippen LogP contribution is 2.22. The van der Waals surface area contributed by atoms with Crippen LogP contribution < -0.4 is 0 Å². The van der Waals surface area contributed by atoms with E-state index in [1.54, 1.807) is 0 Å². The number of aryl methyl sites for hydroxylation is 1. The summed E-state index contributed by atoms with van der Waals surface area (Å²) in [5, 5.41) is 0. The van der Waals surface area contributed by atoms with Crippen LogP contribution in [0.3, 0.4) is 0 Å². The molecule has 0 bridgehead atoms. The number of nitrogens with zero attached hydrogens (tertiary/aromatic N) is 3. The van der Waals surface area contributed by atoms with E-state index in [1.165, 1.54) is 0 Å². The Morgan fingerprint density at radius 2 is 1.71 bits per heavy atom. The van der Waals surface area contributed by atoms with Crippen molar-refractivity contribution in [2.24, 2.45) is 0 Å². The molecule has 134 valence electrons. The zero-order valence-corrected chi connectivity index (χ0v) is 15.8. The molecule has 0 aromatic carbocycles. The summed E-state index contributed by atoms with van der Waals surface area (Å²) < 4.78 is 2.21. The van der Waals surface area contributed by atoms with E-state index < -0.39 is 0 Å². The maximum absolute atomic E-state index is 13.0. The van der Waals surface area contributed by atoms with Gasteiger partial charge in [0, 0.05) is 50.0 Å². The quantitative estimate of drug-likeness (QED) is 0.849. The summed E-state index contributed by atoms with van der Waals surface area (Å²) in [5.74, 6) is 0.310. The Morgan fingerprint density at radius 1 is 1.08 bits per heavy atom. The number of rotatable bonds is 4. The predicted octanol–water partition coefficient (Wildman–Crippen LogP) is 3.16. The van der Waals surface area contributed by atoms with Crippen molar-refractivity contribution in [3.05, 3.63) is 23.0 Å². The molecular weight excluding hydrogens is 302 g/mol. The van der Waals surface area contributed by atoms with Crippen molar-refractivity contribution in [3.63, 3.8) is 0 Å². The van der Waals surface area contributed by atoms with Gasteiger partial charge < -0.3 is 14.4 Å². The third-order valence-corrected chi connectivity index (χ3v) is 4.83. The second kappa shape index (κ2) is 7.86. The van der Waals surface area contributed by atoms with Crippen molar-refractivity contribution < 1.29 is 9.59 Å². The zero-order valence-electron chi connectivity index (χ0n) is 15.8. The van der Waals surface area contributed by atoms with Crippen molar-refractivity contribution in [2.75, 3.05) is 26.2 Å². The third-order valence-electron chi connectivity index (χ3n) is 4.83. The smallest absolute Gasteiger partial charge is 0.255 e. The van der Waals surface area contributed by atoms with Gasteiger partial charge in [-0.25, -0.2) is 0 Å². The molecule has 1 aliphatic heterocycles. The van der Waals surface area contributed by atoms with Crippen LogP contribution in [0.2, 0.25) is 0 Å². The maximum Gasteiger partial charge on any atom is 0.255 e. The molecule has 5 nitrogen and oxygen atoms in total. The minimum Gasteiger partial charge on any atom is -0.346 e. The summed E-state index contributed by atoms with van der Waals surface area (Å²) >= 11 is 0. The van der Waals surface area contributed by atoms with Crippen molar-refractivity contribution >= 4 is 11.8 Å². The number of carbonyl (C=O) groups excluding carboxylic acids is 2. The first-order valence-electron chi connectivity index (χ1n) is 9.12. The van der Waals surface area contributed by atoms with Crippen molar-refractivity contribution in [1.29, 1.82) is 0 Å². The average Bonchev–Trinajstić information content (AvgIpc) is 2.71. The van der Waals surface area contributed by atoms with Gasteiger partial charge in [-0.1, -0.05) is 6.92 Å². The largest absolute Gasteiger partial charge is 0.346 e. The number of carbonyl (C=O) groups is 2. The Hall–Kier alpha value is -1.78. The van der Waals surface area contributed by atoms with E-state index >= 15 is 0 Å². The Kier molecular flexibility index (Phi) is 6.08. The lowest BCUT2D eigenvalue weighted by Gasteiger charge is -2.22. The lowest BCUT2D eigenvalue weighted by Crippen LogP contribution is -2.37. The van der Waals surface area contributed by atoms with E-state index in [4.69, 9.17) is 0 Å². The summed E-state index contributed by atoms with van der Waals surface area (Å²) in [6.07, 6.45) is 2.33. The first-order valence-corrected chi connectivity index (χ1v) is 9.12. The number of hydrogen-bond donors (Lipinski definition) is 0. The Bertz CT molecular complexity index is 604. The summed E-state index contributed by atoms with van der Waals surface area (Å²) in [4.78, 5) is 28.9. The van der Waals surface area contributed by atoms with Gasteiger partial charge in [0.2, 0.25) is 5.91 Å². The zero-order chi connectivity index (χ0) is 17.9. The lowest BCUT2D eigenvalue weighted by molar-refractivity contribution is -0.131. The maximum atomic E-state index is 13.0. The summed E-state index contributed by atoms with van der Waals surface area (Å²) in [7, 11) is 0. The van der Waals surface area contributed by atoms with Crippen LogP contribution in [0.5, 0.6) is 0 Å². The van der Waals surface area contributed by atoms with Gasteiger partial charge >= 0.3 is 0 Å². The van der Waals surface area contributed by atoms with Gasteiger partial charge in [0.25, 0.3) is 5.91 Å².